The van der Waals surface area contributed by atoms with Crippen molar-refractivity contribution >= 4 is 17.2 Å². The highest BCUT2D eigenvalue weighted by Gasteiger charge is 2.16. The van der Waals surface area contributed by atoms with Gasteiger partial charge >= 0.3 is 0 Å². The summed E-state index contributed by atoms with van der Waals surface area (Å²) >= 11 is 1.61. The van der Waals surface area contributed by atoms with E-state index in [1.165, 1.54) is 0 Å². The minimum absolute atomic E-state index is 0.0188. The van der Waals surface area contributed by atoms with E-state index in [0.29, 0.717) is 0 Å². The highest BCUT2D eigenvalue weighted by Crippen LogP contribution is 2.24. The second-order valence-electron chi connectivity index (χ2n) is 3.70. The van der Waals surface area contributed by atoms with E-state index >= 15 is 0 Å². The van der Waals surface area contributed by atoms with Crippen LogP contribution >= 0.6 is 11.3 Å². The van der Waals surface area contributed by atoms with E-state index in [1.54, 1.807) is 18.3 Å². The lowest BCUT2D eigenvalue weighted by molar-refractivity contribution is -0.122. The van der Waals surface area contributed by atoms with Gasteiger partial charge in [-0.2, -0.15) is 0 Å². The summed E-state index contributed by atoms with van der Waals surface area (Å²) in [5, 5.41) is 3.87. The van der Waals surface area contributed by atoms with E-state index in [-0.39, 0.29) is 11.9 Å². The van der Waals surface area contributed by atoms with Crippen molar-refractivity contribution in [3.05, 3.63) is 15.6 Å². The molecule has 1 heterocycles. The Morgan fingerprint density at radius 2 is 2.07 bits per heavy atom. The van der Waals surface area contributed by atoms with Crippen molar-refractivity contribution < 1.29 is 4.79 Å². The first-order chi connectivity index (χ1) is 6.91. The second-order valence-corrected chi connectivity index (χ2v) is 4.94. The minimum atomic E-state index is -0.471. The molecule has 84 valence electrons. The van der Waals surface area contributed by atoms with Crippen molar-refractivity contribution in [1.29, 1.82) is 0 Å². The van der Waals surface area contributed by atoms with Gasteiger partial charge in [-0.1, -0.05) is 0 Å². The fraction of sp³-hybridized carbons (Fsp3) is 0.600. The van der Waals surface area contributed by atoms with Gasteiger partial charge < -0.3 is 11.1 Å². The molecule has 3 N–H and O–H groups in total. The number of thiazole rings is 1. The summed E-state index contributed by atoms with van der Waals surface area (Å²) in [5.74, 6) is -0.132. The average Bonchev–Trinajstić information content (AvgIpc) is 2.44. The first kappa shape index (κ1) is 12.1. The third-order valence-corrected chi connectivity index (χ3v) is 3.36. The van der Waals surface area contributed by atoms with Crippen molar-refractivity contribution in [2.24, 2.45) is 5.73 Å². The second kappa shape index (κ2) is 4.72. The number of nitrogens with zero attached hydrogens (tertiary/aromatic N) is 1. The first-order valence-electron chi connectivity index (χ1n) is 4.91. The van der Waals surface area contributed by atoms with Gasteiger partial charge in [-0.05, 0) is 27.7 Å². The number of hydrogen-bond acceptors (Lipinski definition) is 4. The molecule has 15 heavy (non-hydrogen) atoms. The van der Waals surface area contributed by atoms with Crippen LogP contribution in [0.15, 0.2) is 0 Å². The fourth-order valence-electron chi connectivity index (χ4n) is 1.36. The molecule has 1 rings (SSSR count). The van der Waals surface area contributed by atoms with Gasteiger partial charge in [0, 0.05) is 4.88 Å². The van der Waals surface area contributed by atoms with Crippen molar-refractivity contribution in [2.45, 2.75) is 39.8 Å². The molecule has 0 saturated carbocycles. The quantitative estimate of drug-likeness (QED) is 0.817. The van der Waals surface area contributed by atoms with Crippen LogP contribution in [-0.2, 0) is 4.79 Å². The van der Waals surface area contributed by atoms with Gasteiger partial charge in [-0.3, -0.25) is 4.79 Å². The summed E-state index contributed by atoms with van der Waals surface area (Å²) < 4.78 is 0. The molecule has 0 aromatic carbocycles. The fourth-order valence-corrected chi connectivity index (χ4v) is 2.29. The predicted octanol–water partition coefficient (Wildman–Crippen LogP) is 1.28. The molecule has 4 nitrogen and oxygen atoms in total. The Labute approximate surface area is 93.9 Å². The molecular weight excluding hydrogens is 210 g/mol. The molecule has 0 spiro atoms. The van der Waals surface area contributed by atoms with Crippen LogP contribution in [0, 0.1) is 13.8 Å². The molecule has 1 aromatic rings. The lowest BCUT2D eigenvalue weighted by Gasteiger charge is -2.14. The van der Waals surface area contributed by atoms with Crippen LogP contribution in [0.4, 0.5) is 0 Å². The van der Waals surface area contributed by atoms with Gasteiger partial charge in [0.1, 0.15) is 0 Å². The van der Waals surface area contributed by atoms with E-state index in [9.17, 15) is 4.79 Å². The van der Waals surface area contributed by atoms with Crippen LogP contribution in [0.25, 0.3) is 0 Å². The maximum atomic E-state index is 11.4. The molecule has 1 unspecified atom stereocenters. The smallest absolute Gasteiger partial charge is 0.237 e. The number of nitrogens with two attached hydrogens (primary N) is 1. The van der Waals surface area contributed by atoms with Crippen LogP contribution in [0.2, 0.25) is 0 Å². The zero-order valence-corrected chi connectivity index (χ0v) is 10.3. The SMILES string of the molecule is Cc1nc(C)c(C(C)NC(=O)[C@H](C)N)s1. The Balaban J connectivity index is 2.73. The number of aromatic nitrogens is 1. The molecule has 0 aliphatic carbocycles. The van der Waals surface area contributed by atoms with Crippen LogP contribution in [-0.4, -0.2) is 16.9 Å². The average molecular weight is 227 g/mol. The maximum absolute atomic E-state index is 11.4. The topological polar surface area (TPSA) is 68.0 Å². The van der Waals surface area contributed by atoms with Gasteiger partial charge in [0.15, 0.2) is 0 Å². The monoisotopic (exact) mass is 227 g/mol. The van der Waals surface area contributed by atoms with Crippen molar-refractivity contribution in [1.82, 2.24) is 10.3 Å². The number of carbonyl (C=O) groups excluding carboxylic acids is 1. The molecule has 2 atom stereocenters. The molecule has 0 bridgehead atoms. The molecule has 0 fully saturated rings. The maximum Gasteiger partial charge on any atom is 0.237 e. The molecule has 5 heteroatoms. The molecule has 0 saturated heterocycles. The van der Waals surface area contributed by atoms with E-state index in [1.807, 2.05) is 20.8 Å². The van der Waals surface area contributed by atoms with Crippen LogP contribution < -0.4 is 11.1 Å². The molecule has 0 radical (unpaired) electrons. The van der Waals surface area contributed by atoms with E-state index in [4.69, 9.17) is 5.73 Å². The van der Waals surface area contributed by atoms with Gasteiger partial charge in [0.25, 0.3) is 0 Å². The Morgan fingerprint density at radius 1 is 1.47 bits per heavy atom. The highest BCUT2D eigenvalue weighted by molar-refractivity contribution is 7.11. The Morgan fingerprint density at radius 3 is 2.47 bits per heavy atom. The summed E-state index contributed by atoms with van der Waals surface area (Å²) in [7, 11) is 0. The molecule has 1 aromatic heterocycles. The summed E-state index contributed by atoms with van der Waals surface area (Å²) in [6.07, 6.45) is 0. The highest BCUT2D eigenvalue weighted by atomic mass is 32.1. The first-order valence-corrected chi connectivity index (χ1v) is 5.73. The number of carbonyl (C=O) groups is 1. The Kier molecular flexibility index (Phi) is 3.82. The minimum Gasteiger partial charge on any atom is -0.347 e. The van der Waals surface area contributed by atoms with Crippen molar-refractivity contribution in [3.63, 3.8) is 0 Å². The van der Waals surface area contributed by atoms with Gasteiger partial charge in [-0.15, -0.1) is 11.3 Å². The van der Waals surface area contributed by atoms with Gasteiger partial charge in [0.05, 0.1) is 22.8 Å². The largest absolute Gasteiger partial charge is 0.347 e. The third kappa shape index (κ3) is 3.00. The predicted molar refractivity (Wildman–Crippen MR) is 61.8 cm³/mol. The third-order valence-electron chi connectivity index (χ3n) is 2.11. The van der Waals surface area contributed by atoms with E-state index in [2.05, 4.69) is 10.3 Å². The van der Waals surface area contributed by atoms with Crippen molar-refractivity contribution in [2.75, 3.05) is 0 Å². The number of nitrogens with one attached hydrogen (secondary N) is 1. The standard InChI is InChI=1S/C10H17N3OS/c1-5(11)10(14)13-7(3)9-6(2)12-8(4)15-9/h5,7H,11H2,1-4H3,(H,13,14)/t5-,7?/m0/s1. The van der Waals surface area contributed by atoms with Crippen LogP contribution in [0.1, 0.15) is 35.5 Å². The zero-order valence-electron chi connectivity index (χ0n) is 9.50. The number of aryl methyl sites for hydroxylation is 2. The summed E-state index contributed by atoms with van der Waals surface area (Å²) in [6.45, 7) is 7.53. The number of hydrogen-bond donors (Lipinski definition) is 2. The Bertz CT molecular complexity index is 360. The molecule has 1 amide bonds. The van der Waals surface area contributed by atoms with Crippen LogP contribution in [0.5, 0.6) is 0 Å². The Hall–Kier alpha value is -0.940. The molecular formula is C10H17N3OS. The summed E-state index contributed by atoms with van der Waals surface area (Å²) in [5.41, 5.74) is 6.46. The zero-order chi connectivity index (χ0) is 11.6. The lowest BCUT2D eigenvalue weighted by atomic mass is 10.2. The van der Waals surface area contributed by atoms with Gasteiger partial charge in [-0.25, -0.2) is 4.98 Å². The van der Waals surface area contributed by atoms with Crippen molar-refractivity contribution in [3.8, 4) is 0 Å². The summed E-state index contributed by atoms with van der Waals surface area (Å²) in [4.78, 5) is 16.8. The van der Waals surface area contributed by atoms with E-state index < -0.39 is 6.04 Å². The normalized spacial score (nSPS) is 14.7. The summed E-state index contributed by atoms with van der Waals surface area (Å²) in [6, 6.07) is -0.489. The van der Waals surface area contributed by atoms with E-state index in [0.717, 1.165) is 15.6 Å². The number of amides is 1. The van der Waals surface area contributed by atoms with Gasteiger partial charge in [0.2, 0.25) is 5.91 Å². The van der Waals surface area contributed by atoms with Crippen LogP contribution in [0.3, 0.4) is 0 Å². The molecule has 0 aliphatic heterocycles. The number of rotatable bonds is 3. The molecule has 0 aliphatic rings. The lowest BCUT2D eigenvalue weighted by Crippen LogP contribution is -2.39.